The summed E-state index contributed by atoms with van der Waals surface area (Å²) >= 11 is 12.0. The van der Waals surface area contributed by atoms with Crippen LogP contribution in [0.5, 0.6) is 0 Å². The van der Waals surface area contributed by atoms with E-state index in [9.17, 15) is 4.39 Å². The van der Waals surface area contributed by atoms with Crippen LogP contribution in [0.2, 0.25) is 10.0 Å². The maximum atomic E-state index is 13.4. The van der Waals surface area contributed by atoms with Gasteiger partial charge < -0.3 is 9.88 Å². The first-order valence-electron chi connectivity index (χ1n) is 7.81. The van der Waals surface area contributed by atoms with Crippen LogP contribution in [-0.4, -0.2) is 14.5 Å². The molecule has 7 heteroatoms. The Kier molecular flexibility index (Phi) is 4.26. The van der Waals surface area contributed by atoms with Crippen molar-refractivity contribution in [3.63, 3.8) is 0 Å². The molecular weight excluding hydrogens is 374 g/mol. The summed E-state index contributed by atoms with van der Waals surface area (Å²) in [5.41, 5.74) is 2.22. The molecule has 2 heterocycles. The molecule has 0 atom stereocenters. The van der Waals surface area contributed by atoms with E-state index in [1.54, 1.807) is 18.2 Å². The number of rotatable bonds is 3. The normalized spacial score (nSPS) is 11.1. The predicted molar refractivity (Wildman–Crippen MR) is 104 cm³/mol. The molecule has 0 unspecified atom stereocenters. The van der Waals surface area contributed by atoms with Crippen molar-refractivity contribution in [2.75, 3.05) is 5.32 Å². The van der Waals surface area contributed by atoms with Crippen molar-refractivity contribution >= 4 is 45.6 Å². The standard InChI is InChI=1S/C19H13Cl2FN4/c1-26-7-6-11(10-26)18-24-17-8-12(20)2-4-14(17)19(25-18)23-13-3-5-16(22)15(21)9-13/h2-10H,1H3,(H,23,24,25). The molecule has 4 nitrogen and oxygen atoms in total. The van der Waals surface area contributed by atoms with Crippen LogP contribution in [-0.2, 0) is 7.05 Å². The Balaban J connectivity index is 1.87. The number of hydrogen-bond donors (Lipinski definition) is 1. The van der Waals surface area contributed by atoms with E-state index in [0.717, 1.165) is 10.9 Å². The largest absolute Gasteiger partial charge is 0.357 e. The molecule has 2 aromatic carbocycles. The molecule has 0 radical (unpaired) electrons. The molecule has 0 saturated carbocycles. The van der Waals surface area contributed by atoms with Crippen LogP contribution in [0.15, 0.2) is 54.9 Å². The SMILES string of the molecule is Cn1ccc(-c2nc(Nc3ccc(F)c(Cl)c3)c3ccc(Cl)cc3n2)c1. The number of fused-ring (bicyclic) bond motifs is 1. The van der Waals surface area contributed by atoms with Crippen LogP contribution in [0.3, 0.4) is 0 Å². The third-order valence-electron chi connectivity index (χ3n) is 3.93. The van der Waals surface area contributed by atoms with Gasteiger partial charge in [-0.3, -0.25) is 0 Å². The Bertz CT molecular complexity index is 1120. The van der Waals surface area contributed by atoms with Crippen LogP contribution in [0.25, 0.3) is 22.3 Å². The van der Waals surface area contributed by atoms with E-state index < -0.39 is 5.82 Å². The van der Waals surface area contributed by atoms with Gasteiger partial charge in [-0.15, -0.1) is 0 Å². The number of nitrogens with one attached hydrogen (secondary N) is 1. The fraction of sp³-hybridized carbons (Fsp3) is 0.0526. The first-order valence-corrected chi connectivity index (χ1v) is 8.57. The number of benzene rings is 2. The zero-order valence-electron chi connectivity index (χ0n) is 13.7. The number of hydrogen-bond acceptors (Lipinski definition) is 3. The molecule has 26 heavy (non-hydrogen) atoms. The minimum Gasteiger partial charge on any atom is -0.357 e. The first kappa shape index (κ1) is 16.8. The highest BCUT2D eigenvalue weighted by Gasteiger charge is 2.12. The lowest BCUT2D eigenvalue weighted by molar-refractivity contribution is 0.628. The molecule has 0 fully saturated rings. The smallest absolute Gasteiger partial charge is 0.163 e. The summed E-state index contributed by atoms with van der Waals surface area (Å²) in [5.74, 6) is 0.686. The van der Waals surface area contributed by atoms with Crippen LogP contribution >= 0.6 is 23.2 Å². The Labute approximate surface area is 159 Å². The number of aryl methyl sites for hydroxylation is 1. The summed E-state index contributed by atoms with van der Waals surface area (Å²) in [7, 11) is 1.93. The van der Waals surface area contributed by atoms with Gasteiger partial charge in [0.2, 0.25) is 0 Å². The van der Waals surface area contributed by atoms with Crippen molar-refractivity contribution < 1.29 is 4.39 Å². The molecule has 4 aromatic rings. The van der Waals surface area contributed by atoms with Gasteiger partial charge in [0.1, 0.15) is 11.6 Å². The van der Waals surface area contributed by atoms with E-state index in [-0.39, 0.29) is 5.02 Å². The second kappa shape index (κ2) is 6.59. The number of aromatic nitrogens is 3. The highest BCUT2D eigenvalue weighted by atomic mass is 35.5. The quantitative estimate of drug-likeness (QED) is 0.481. The zero-order chi connectivity index (χ0) is 18.3. The average molecular weight is 387 g/mol. The number of anilines is 2. The minimum absolute atomic E-state index is 0.0414. The summed E-state index contributed by atoms with van der Waals surface area (Å²) < 4.78 is 15.3. The van der Waals surface area contributed by atoms with E-state index in [4.69, 9.17) is 23.2 Å². The first-order chi connectivity index (χ1) is 12.5. The highest BCUT2D eigenvalue weighted by Crippen LogP contribution is 2.30. The van der Waals surface area contributed by atoms with Crippen molar-refractivity contribution in [3.05, 3.63) is 70.7 Å². The fourth-order valence-corrected chi connectivity index (χ4v) is 3.02. The van der Waals surface area contributed by atoms with E-state index >= 15 is 0 Å². The lowest BCUT2D eigenvalue weighted by Gasteiger charge is -2.11. The number of halogens is 3. The molecule has 130 valence electrons. The number of nitrogens with zero attached hydrogens (tertiary/aromatic N) is 3. The highest BCUT2D eigenvalue weighted by molar-refractivity contribution is 6.31. The van der Waals surface area contributed by atoms with Gasteiger partial charge in [-0.1, -0.05) is 23.2 Å². The molecule has 0 bridgehead atoms. The molecule has 4 rings (SSSR count). The van der Waals surface area contributed by atoms with E-state index in [0.29, 0.717) is 27.9 Å². The van der Waals surface area contributed by atoms with Crippen molar-refractivity contribution in [1.29, 1.82) is 0 Å². The van der Waals surface area contributed by atoms with Crippen LogP contribution in [0, 0.1) is 5.82 Å². The van der Waals surface area contributed by atoms with Crippen LogP contribution in [0.1, 0.15) is 0 Å². The molecule has 0 saturated heterocycles. The van der Waals surface area contributed by atoms with Crippen molar-refractivity contribution in [1.82, 2.24) is 14.5 Å². The van der Waals surface area contributed by atoms with Gasteiger partial charge >= 0.3 is 0 Å². The third kappa shape index (κ3) is 3.23. The average Bonchev–Trinajstić information content (AvgIpc) is 3.04. The molecule has 1 N–H and O–H groups in total. The summed E-state index contributed by atoms with van der Waals surface area (Å²) in [5, 5.41) is 4.63. The van der Waals surface area contributed by atoms with Crippen molar-refractivity contribution in [2.45, 2.75) is 0 Å². The summed E-state index contributed by atoms with van der Waals surface area (Å²) in [6, 6.07) is 11.8. The van der Waals surface area contributed by atoms with Gasteiger partial charge in [-0.2, -0.15) is 0 Å². The molecule has 0 aliphatic heterocycles. The van der Waals surface area contributed by atoms with Gasteiger partial charge in [-0.05, 0) is 42.5 Å². The Morgan fingerprint density at radius 2 is 1.88 bits per heavy atom. The van der Waals surface area contributed by atoms with E-state index in [1.165, 1.54) is 12.1 Å². The molecule has 0 aliphatic rings. The van der Waals surface area contributed by atoms with Crippen LogP contribution < -0.4 is 5.32 Å². The molecule has 0 amide bonds. The Morgan fingerprint density at radius 1 is 1.04 bits per heavy atom. The maximum absolute atomic E-state index is 13.4. The van der Waals surface area contributed by atoms with Crippen LogP contribution in [0.4, 0.5) is 15.9 Å². The molecular formula is C19H13Cl2FN4. The predicted octanol–water partition coefficient (Wildman–Crippen LogP) is 5.82. The molecule has 0 spiro atoms. The van der Waals surface area contributed by atoms with Crippen molar-refractivity contribution in [2.24, 2.45) is 7.05 Å². The monoisotopic (exact) mass is 386 g/mol. The molecule has 2 aromatic heterocycles. The second-order valence-corrected chi connectivity index (χ2v) is 6.72. The van der Waals surface area contributed by atoms with Gasteiger partial charge in [-0.25, -0.2) is 14.4 Å². The van der Waals surface area contributed by atoms with Crippen molar-refractivity contribution in [3.8, 4) is 11.4 Å². The third-order valence-corrected chi connectivity index (χ3v) is 4.46. The Hall–Kier alpha value is -2.63. The lowest BCUT2D eigenvalue weighted by atomic mass is 10.2. The van der Waals surface area contributed by atoms with Gasteiger partial charge in [0.15, 0.2) is 5.82 Å². The second-order valence-electron chi connectivity index (χ2n) is 5.88. The topological polar surface area (TPSA) is 42.7 Å². The lowest BCUT2D eigenvalue weighted by Crippen LogP contribution is -1.99. The van der Waals surface area contributed by atoms with Gasteiger partial charge in [0.05, 0.1) is 10.5 Å². The summed E-state index contributed by atoms with van der Waals surface area (Å²) in [6.07, 6.45) is 3.86. The van der Waals surface area contributed by atoms with Gasteiger partial charge in [0, 0.05) is 41.1 Å². The fourth-order valence-electron chi connectivity index (χ4n) is 2.67. The minimum atomic E-state index is -0.471. The van der Waals surface area contributed by atoms with Gasteiger partial charge in [0.25, 0.3) is 0 Å². The summed E-state index contributed by atoms with van der Waals surface area (Å²) in [4.78, 5) is 9.26. The molecule has 0 aliphatic carbocycles. The summed E-state index contributed by atoms with van der Waals surface area (Å²) in [6.45, 7) is 0. The zero-order valence-corrected chi connectivity index (χ0v) is 15.2. The van der Waals surface area contributed by atoms with E-state index in [2.05, 4.69) is 15.3 Å². The Morgan fingerprint density at radius 3 is 2.62 bits per heavy atom. The maximum Gasteiger partial charge on any atom is 0.163 e. The van der Waals surface area contributed by atoms with E-state index in [1.807, 2.05) is 36.1 Å².